The van der Waals surface area contributed by atoms with Crippen molar-refractivity contribution in [1.29, 1.82) is 0 Å². The van der Waals surface area contributed by atoms with Crippen LogP contribution in [0.15, 0.2) is 42.5 Å². The van der Waals surface area contributed by atoms with Gasteiger partial charge >= 0.3 is 0 Å². The molecule has 4 rings (SSSR count). The summed E-state index contributed by atoms with van der Waals surface area (Å²) in [5.74, 6) is 1.58. The van der Waals surface area contributed by atoms with Gasteiger partial charge in [-0.15, -0.1) is 0 Å². The molecule has 3 atom stereocenters. The number of hydrogen-bond donors (Lipinski definition) is 0. The number of rotatable bonds is 3. The van der Waals surface area contributed by atoms with Crippen LogP contribution in [0.1, 0.15) is 69.2 Å². The van der Waals surface area contributed by atoms with E-state index < -0.39 is 0 Å². The van der Waals surface area contributed by atoms with Gasteiger partial charge in [0.25, 0.3) is 0 Å². The number of halogens is 1. The molecule has 2 nitrogen and oxygen atoms in total. The van der Waals surface area contributed by atoms with Crippen LogP contribution in [0.25, 0.3) is 0 Å². The van der Waals surface area contributed by atoms with Crippen LogP contribution >= 0.6 is 0 Å². The third-order valence-electron chi connectivity index (χ3n) is 6.15. The van der Waals surface area contributed by atoms with E-state index in [9.17, 15) is 4.39 Å². The number of benzene rings is 2. The highest BCUT2D eigenvalue weighted by Crippen LogP contribution is 2.51. The van der Waals surface area contributed by atoms with E-state index in [0.717, 1.165) is 30.6 Å². The number of ether oxygens (including phenoxy) is 2. The molecule has 0 bridgehead atoms. The maximum absolute atomic E-state index is 13.2. The largest absolute Gasteiger partial charge is 0.487 e. The summed E-state index contributed by atoms with van der Waals surface area (Å²) in [5, 5.41) is 0. The van der Waals surface area contributed by atoms with Crippen molar-refractivity contribution in [3.8, 4) is 5.75 Å². The van der Waals surface area contributed by atoms with E-state index in [1.807, 2.05) is 12.1 Å². The quantitative estimate of drug-likeness (QED) is 0.642. The summed E-state index contributed by atoms with van der Waals surface area (Å²) in [4.78, 5) is 0. The van der Waals surface area contributed by atoms with Crippen molar-refractivity contribution in [3.63, 3.8) is 0 Å². The molecule has 3 heteroatoms. The van der Waals surface area contributed by atoms with Crippen LogP contribution in [0.2, 0.25) is 0 Å². The fourth-order valence-electron chi connectivity index (χ4n) is 4.52. The second-order valence-corrected chi connectivity index (χ2v) is 8.85. The Labute approximate surface area is 161 Å². The summed E-state index contributed by atoms with van der Waals surface area (Å²) in [7, 11) is 0. The molecule has 0 saturated carbocycles. The minimum atomic E-state index is -0.238. The first-order valence-electron chi connectivity index (χ1n) is 10.1. The average molecular weight is 368 g/mol. The zero-order chi connectivity index (χ0) is 19.2. The van der Waals surface area contributed by atoms with Crippen LogP contribution in [-0.2, 0) is 11.2 Å². The lowest BCUT2D eigenvalue weighted by Crippen LogP contribution is -2.48. The van der Waals surface area contributed by atoms with Gasteiger partial charge in [0.05, 0.1) is 12.2 Å². The van der Waals surface area contributed by atoms with Crippen LogP contribution in [0.5, 0.6) is 5.75 Å². The highest BCUT2D eigenvalue weighted by atomic mass is 19.1. The Morgan fingerprint density at radius 2 is 1.81 bits per heavy atom. The summed E-state index contributed by atoms with van der Waals surface area (Å²) < 4.78 is 26.2. The molecule has 27 heavy (non-hydrogen) atoms. The van der Waals surface area contributed by atoms with Gasteiger partial charge in [-0.2, -0.15) is 0 Å². The Morgan fingerprint density at radius 3 is 2.52 bits per heavy atom. The topological polar surface area (TPSA) is 18.5 Å². The lowest BCUT2D eigenvalue weighted by atomic mass is 9.74. The molecule has 144 valence electrons. The molecule has 2 heterocycles. The van der Waals surface area contributed by atoms with Gasteiger partial charge in [-0.1, -0.05) is 32.0 Å². The lowest BCUT2D eigenvalue weighted by molar-refractivity contribution is -0.149. The lowest BCUT2D eigenvalue weighted by Gasteiger charge is -2.49. The fourth-order valence-corrected chi connectivity index (χ4v) is 4.52. The molecule has 1 saturated heterocycles. The second-order valence-electron chi connectivity index (χ2n) is 8.85. The molecular weight excluding hydrogens is 339 g/mol. The predicted octanol–water partition coefficient (Wildman–Crippen LogP) is 6.20. The molecule has 0 unspecified atom stereocenters. The van der Waals surface area contributed by atoms with E-state index >= 15 is 0 Å². The van der Waals surface area contributed by atoms with Crippen LogP contribution < -0.4 is 4.74 Å². The van der Waals surface area contributed by atoms with Gasteiger partial charge in [0.2, 0.25) is 0 Å². The van der Waals surface area contributed by atoms with Crippen molar-refractivity contribution >= 4 is 0 Å². The van der Waals surface area contributed by atoms with E-state index in [1.54, 1.807) is 0 Å². The number of fused-ring (bicyclic) bond motifs is 3. The standard InChI is InChI=1S/C24H29FO2/c1-15(2)17-7-12-22-20(14-17)23-21(24(3,4)27-22)11-10-19(26-23)13-16-5-8-18(25)9-6-16/h5-9,12,14-15,19,21,23H,10-11,13H2,1-4H3/t19-,21+,23-/m1/s1. The molecule has 1 fully saturated rings. The van der Waals surface area contributed by atoms with Gasteiger partial charge < -0.3 is 9.47 Å². The van der Waals surface area contributed by atoms with Crippen LogP contribution in [0.3, 0.4) is 0 Å². The zero-order valence-corrected chi connectivity index (χ0v) is 16.7. The smallest absolute Gasteiger partial charge is 0.125 e. The van der Waals surface area contributed by atoms with Gasteiger partial charge in [0, 0.05) is 11.5 Å². The molecule has 2 aliphatic rings. The third-order valence-corrected chi connectivity index (χ3v) is 6.15. The van der Waals surface area contributed by atoms with E-state index in [2.05, 4.69) is 45.9 Å². The van der Waals surface area contributed by atoms with Crippen molar-refractivity contribution in [2.45, 2.75) is 70.7 Å². The Bertz CT molecular complexity index is 810. The summed E-state index contributed by atoms with van der Waals surface area (Å²) in [6.07, 6.45) is 3.12. The Hall–Kier alpha value is -1.87. The van der Waals surface area contributed by atoms with Crippen molar-refractivity contribution in [3.05, 3.63) is 65.0 Å². The summed E-state index contributed by atoms with van der Waals surface area (Å²) in [5.41, 5.74) is 3.40. The summed E-state index contributed by atoms with van der Waals surface area (Å²) in [6.45, 7) is 8.78. The average Bonchev–Trinajstić information content (AvgIpc) is 2.63. The minimum Gasteiger partial charge on any atom is -0.487 e. The summed E-state index contributed by atoms with van der Waals surface area (Å²) in [6, 6.07) is 13.3. The maximum Gasteiger partial charge on any atom is 0.125 e. The Morgan fingerprint density at radius 1 is 1.07 bits per heavy atom. The van der Waals surface area contributed by atoms with E-state index in [1.165, 1.54) is 23.3 Å². The van der Waals surface area contributed by atoms with E-state index in [4.69, 9.17) is 9.47 Å². The third kappa shape index (κ3) is 3.62. The molecule has 0 aliphatic carbocycles. The van der Waals surface area contributed by atoms with Crippen molar-refractivity contribution < 1.29 is 13.9 Å². The summed E-state index contributed by atoms with van der Waals surface area (Å²) >= 11 is 0. The number of hydrogen-bond acceptors (Lipinski definition) is 2. The van der Waals surface area contributed by atoms with Crippen LogP contribution in [-0.4, -0.2) is 11.7 Å². The van der Waals surface area contributed by atoms with E-state index in [-0.39, 0.29) is 23.6 Å². The monoisotopic (exact) mass is 368 g/mol. The molecule has 0 aromatic heterocycles. The second kappa shape index (κ2) is 6.94. The van der Waals surface area contributed by atoms with Crippen molar-refractivity contribution in [2.24, 2.45) is 5.92 Å². The van der Waals surface area contributed by atoms with E-state index in [0.29, 0.717) is 11.8 Å². The van der Waals surface area contributed by atoms with Crippen LogP contribution in [0.4, 0.5) is 4.39 Å². The SMILES string of the molecule is CC(C)c1ccc2c(c1)[C@H]1O[C@@H](Cc3ccc(F)cc3)CC[C@@H]1C(C)(C)O2. The van der Waals surface area contributed by atoms with Gasteiger partial charge in [0.1, 0.15) is 17.2 Å². The highest BCUT2D eigenvalue weighted by Gasteiger charge is 2.47. The van der Waals surface area contributed by atoms with Gasteiger partial charge in [-0.05, 0) is 74.4 Å². The normalized spacial score (nSPS) is 26.2. The molecule has 0 spiro atoms. The first-order valence-corrected chi connectivity index (χ1v) is 10.1. The first kappa shape index (κ1) is 18.5. The molecule has 0 N–H and O–H groups in total. The predicted molar refractivity (Wildman–Crippen MR) is 106 cm³/mol. The molecule has 2 aliphatic heterocycles. The highest BCUT2D eigenvalue weighted by molar-refractivity contribution is 5.43. The van der Waals surface area contributed by atoms with Gasteiger partial charge in [-0.25, -0.2) is 4.39 Å². The van der Waals surface area contributed by atoms with Gasteiger partial charge in [0.15, 0.2) is 0 Å². The first-order chi connectivity index (χ1) is 12.8. The zero-order valence-electron chi connectivity index (χ0n) is 16.7. The Kier molecular flexibility index (Phi) is 4.75. The maximum atomic E-state index is 13.2. The van der Waals surface area contributed by atoms with Crippen LogP contribution in [0, 0.1) is 11.7 Å². The fraction of sp³-hybridized carbons (Fsp3) is 0.500. The van der Waals surface area contributed by atoms with Gasteiger partial charge in [-0.3, -0.25) is 0 Å². The Balaban J connectivity index is 1.62. The van der Waals surface area contributed by atoms with Crippen molar-refractivity contribution in [1.82, 2.24) is 0 Å². The minimum absolute atomic E-state index is 0.0571. The molecule has 2 aromatic rings. The molecule has 2 aromatic carbocycles. The molecule has 0 radical (unpaired) electrons. The van der Waals surface area contributed by atoms with Crippen molar-refractivity contribution in [2.75, 3.05) is 0 Å². The molecule has 0 amide bonds. The molecular formula is C24H29FO2.